The maximum atomic E-state index is 13.2. The molecule has 2 amide bonds. The normalized spacial score (nSPS) is 17.3. The number of carbonyl (C=O) groups excluding carboxylic acids is 2. The first-order chi connectivity index (χ1) is 13.7. The molecule has 1 aromatic rings. The van der Waals surface area contributed by atoms with Crippen LogP contribution in [0.25, 0.3) is 0 Å². The number of morpholine rings is 1. The molecule has 162 valence electrons. The molecule has 1 fully saturated rings. The summed E-state index contributed by atoms with van der Waals surface area (Å²) in [5, 5.41) is 2.67. The molecule has 1 unspecified atom stereocenters. The van der Waals surface area contributed by atoms with Crippen molar-refractivity contribution in [2.45, 2.75) is 58.8 Å². The lowest BCUT2D eigenvalue weighted by Gasteiger charge is -2.36. The van der Waals surface area contributed by atoms with E-state index in [1.807, 2.05) is 35.2 Å². The molecule has 1 aliphatic rings. The van der Waals surface area contributed by atoms with Crippen LogP contribution in [0, 0.1) is 0 Å². The Hall–Kier alpha value is -2.12. The van der Waals surface area contributed by atoms with E-state index < -0.39 is 17.7 Å². The highest BCUT2D eigenvalue weighted by atomic mass is 16.6. The van der Waals surface area contributed by atoms with Gasteiger partial charge in [-0.05, 0) is 40.2 Å². The first-order valence-corrected chi connectivity index (χ1v) is 10.3. The van der Waals surface area contributed by atoms with Crippen molar-refractivity contribution >= 4 is 12.0 Å². The van der Waals surface area contributed by atoms with Gasteiger partial charge in [0.05, 0.1) is 13.2 Å². The lowest BCUT2D eigenvalue weighted by molar-refractivity contribution is -0.136. The van der Waals surface area contributed by atoms with Gasteiger partial charge < -0.3 is 19.7 Å². The molecule has 0 saturated carbocycles. The van der Waals surface area contributed by atoms with E-state index >= 15 is 0 Å². The van der Waals surface area contributed by atoms with Crippen molar-refractivity contribution in [2.75, 3.05) is 32.8 Å². The molecule has 29 heavy (non-hydrogen) atoms. The van der Waals surface area contributed by atoms with Gasteiger partial charge in [0, 0.05) is 32.2 Å². The molecule has 1 saturated heterocycles. The van der Waals surface area contributed by atoms with Crippen molar-refractivity contribution in [1.29, 1.82) is 0 Å². The van der Waals surface area contributed by atoms with E-state index in [-0.39, 0.29) is 11.9 Å². The van der Waals surface area contributed by atoms with Gasteiger partial charge in [-0.15, -0.1) is 0 Å². The maximum Gasteiger partial charge on any atom is 0.408 e. The van der Waals surface area contributed by atoms with Gasteiger partial charge in [-0.3, -0.25) is 9.69 Å². The third-order valence-corrected chi connectivity index (χ3v) is 4.74. The van der Waals surface area contributed by atoms with Crippen LogP contribution >= 0.6 is 0 Å². The summed E-state index contributed by atoms with van der Waals surface area (Å²) < 4.78 is 10.7. The fraction of sp³-hybridized carbons (Fsp3) is 0.636. The first kappa shape index (κ1) is 23.2. The van der Waals surface area contributed by atoms with Gasteiger partial charge in [0.15, 0.2) is 0 Å². The van der Waals surface area contributed by atoms with Crippen molar-refractivity contribution < 1.29 is 19.1 Å². The minimum atomic E-state index is -0.680. The summed E-state index contributed by atoms with van der Waals surface area (Å²) in [5.74, 6) is -0.125. The van der Waals surface area contributed by atoms with Crippen LogP contribution in [0.2, 0.25) is 0 Å². The van der Waals surface area contributed by atoms with E-state index in [1.165, 1.54) is 0 Å². The SMILES string of the molecule is CC(CN1CCOCC1)N(Cc1ccccc1)C(=O)[C@@H](C)NC(=O)OC(C)(C)C. The van der Waals surface area contributed by atoms with Crippen LogP contribution < -0.4 is 5.32 Å². The van der Waals surface area contributed by atoms with Crippen molar-refractivity contribution in [3.8, 4) is 0 Å². The summed E-state index contributed by atoms with van der Waals surface area (Å²) in [4.78, 5) is 29.5. The number of nitrogens with zero attached hydrogens (tertiary/aromatic N) is 2. The number of alkyl carbamates (subject to hydrolysis) is 1. The van der Waals surface area contributed by atoms with Gasteiger partial charge in [-0.2, -0.15) is 0 Å². The molecular formula is C22H35N3O4. The Balaban J connectivity index is 2.07. The van der Waals surface area contributed by atoms with Crippen molar-refractivity contribution in [3.63, 3.8) is 0 Å². The Morgan fingerprint density at radius 3 is 2.38 bits per heavy atom. The van der Waals surface area contributed by atoms with Crippen LogP contribution in [0.3, 0.4) is 0 Å². The quantitative estimate of drug-likeness (QED) is 0.755. The Morgan fingerprint density at radius 1 is 1.17 bits per heavy atom. The smallest absolute Gasteiger partial charge is 0.408 e. The maximum absolute atomic E-state index is 13.2. The van der Waals surface area contributed by atoms with E-state index in [0.29, 0.717) is 6.54 Å². The molecular weight excluding hydrogens is 370 g/mol. The molecule has 0 bridgehead atoms. The summed E-state index contributed by atoms with van der Waals surface area (Å²) in [7, 11) is 0. The number of ether oxygens (including phenoxy) is 2. The second-order valence-electron chi connectivity index (χ2n) is 8.58. The molecule has 1 aromatic carbocycles. The second kappa shape index (κ2) is 10.6. The fourth-order valence-corrected chi connectivity index (χ4v) is 3.28. The molecule has 0 aliphatic carbocycles. The van der Waals surface area contributed by atoms with Gasteiger partial charge >= 0.3 is 6.09 Å². The van der Waals surface area contributed by atoms with Crippen LogP contribution in [0.4, 0.5) is 4.79 Å². The second-order valence-corrected chi connectivity index (χ2v) is 8.58. The third-order valence-electron chi connectivity index (χ3n) is 4.74. The lowest BCUT2D eigenvalue weighted by atomic mass is 10.1. The van der Waals surface area contributed by atoms with E-state index in [1.54, 1.807) is 27.7 Å². The van der Waals surface area contributed by atoms with Crippen LogP contribution in [0.5, 0.6) is 0 Å². The van der Waals surface area contributed by atoms with Crippen LogP contribution in [-0.2, 0) is 20.8 Å². The highest BCUT2D eigenvalue weighted by molar-refractivity contribution is 5.85. The van der Waals surface area contributed by atoms with Gasteiger partial charge in [0.2, 0.25) is 5.91 Å². The lowest BCUT2D eigenvalue weighted by Crippen LogP contribution is -2.53. The predicted molar refractivity (Wildman–Crippen MR) is 113 cm³/mol. The van der Waals surface area contributed by atoms with Gasteiger partial charge in [0.1, 0.15) is 11.6 Å². The topological polar surface area (TPSA) is 71.1 Å². The van der Waals surface area contributed by atoms with Crippen LogP contribution in [-0.4, -0.2) is 72.3 Å². The van der Waals surface area contributed by atoms with Crippen LogP contribution in [0.15, 0.2) is 30.3 Å². The molecule has 0 spiro atoms. The third kappa shape index (κ3) is 8.03. The molecule has 1 aliphatic heterocycles. The number of amides is 2. The van der Waals surface area contributed by atoms with Crippen molar-refractivity contribution in [3.05, 3.63) is 35.9 Å². The number of carbonyl (C=O) groups is 2. The highest BCUT2D eigenvalue weighted by Gasteiger charge is 2.29. The molecule has 1 N–H and O–H groups in total. The predicted octanol–water partition coefficient (Wildman–Crippen LogP) is 2.65. The van der Waals surface area contributed by atoms with E-state index in [0.717, 1.165) is 38.4 Å². The summed E-state index contributed by atoms with van der Waals surface area (Å²) in [6.45, 7) is 13.6. The van der Waals surface area contributed by atoms with Gasteiger partial charge in [-0.1, -0.05) is 30.3 Å². The summed E-state index contributed by atoms with van der Waals surface area (Å²) in [5.41, 5.74) is 0.444. The zero-order chi connectivity index (χ0) is 21.4. The van der Waals surface area contributed by atoms with Gasteiger partial charge in [0.25, 0.3) is 0 Å². The number of hydrogen-bond donors (Lipinski definition) is 1. The standard InChI is InChI=1S/C22H35N3O4/c1-17(15-24-11-13-28-14-12-24)25(16-19-9-7-6-8-10-19)20(26)18(2)23-21(27)29-22(3,4)5/h6-10,17-18H,11-16H2,1-5H3,(H,23,27)/t17?,18-/m1/s1. The average Bonchev–Trinajstić information content (AvgIpc) is 2.65. The largest absolute Gasteiger partial charge is 0.444 e. The van der Waals surface area contributed by atoms with Gasteiger partial charge in [-0.25, -0.2) is 4.79 Å². The van der Waals surface area contributed by atoms with E-state index in [9.17, 15) is 9.59 Å². The van der Waals surface area contributed by atoms with Crippen molar-refractivity contribution in [1.82, 2.24) is 15.1 Å². The zero-order valence-corrected chi connectivity index (χ0v) is 18.3. The molecule has 1 heterocycles. The molecule has 0 radical (unpaired) electrons. The molecule has 0 aromatic heterocycles. The van der Waals surface area contributed by atoms with Crippen molar-refractivity contribution in [2.24, 2.45) is 0 Å². The average molecular weight is 406 g/mol. The molecule has 7 nitrogen and oxygen atoms in total. The molecule has 2 rings (SSSR count). The molecule has 7 heteroatoms. The van der Waals surface area contributed by atoms with E-state index in [4.69, 9.17) is 9.47 Å². The Morgan fingerprint density at radius 2 is 1.79 bits per heavy atom. The zero-order valence-electron chi connectivity index (χ0n) is 18.3. The first-order valence-electron chi connectivity index (χ1n) is 10.3. The minimum absolute atomic E-state index is 0.0105. The van der Waals surface area contributed by atoms with E-state index in [2.05, 4.69) is 17.1 Å². The Kier molecular flexibility index (Phi) is 8.46. The summed E-state index contributed by atoms with van der Waals surface area (Å²) in [6.07, 6.45) is -0.584. The fourth-order valence-electron chi connectivity index (χ4n) is 3.28. The minimum Gasteiger partial charge on any atom is -0.444 e. The number of rotatable bonds is 7. The Bertz CT molecular complexity index is 654. The molecule has 2 atom stereocenters. The summed E-state index contributed by atoms with van der Waals surface area (Å²) in [6, 6.07) is 9.21. The Labute approximate surface area is 174 Å². The van der Waals surface area contributed by atoms with Crippen LogP contribution in [0.1, 0.15) is 40.2 Å². The number of nitrogens with one attached hydrogen (secondary N) is 1. The monoisotopic (exact) mass is 405 g/mol. The number of hydrogen-bond acceptors (Lipinski definition) is 5. The summed E-state index contributed by atoms with van der Waals surface area (Å²) >= 11 is 0. The highest BCUT2D eigenvalue weighted by Crippen LogP contribution is 2.13. The number of benzene rings is 1.